The third-order valence-electron chi connectivity index (χ3n) is 3.88. The number of carboxylic acid groups (broad SMARTS) is 1. The SMILES string of the molecule is CCn1c(=S)[nH]c(=O)c2c(C(=O)O)cc(-c3ccc(OC)cc3)nc21. The van der Waals surface area contributed by atoms with Gasteiger partial charge in [0.2, 0.25) is 0 Å². The van der Waals surface area contributed by atoms with Crippen molar-refractivity contribution in [1.29, 1.82) is 0 Å². The molecule has 0 amide bonds. The number of hydrogen-bond donors (Lipinski definition) is 2. The normalized spacial score (nSPS) is 10.8. The maximum Gasteiger partial charge on any atom is 0.336 e. The van der Waals surface area contributed by atoms with Gasteiger partial charge in [-0.15, -0.1) is 0 Å². The molecule has 0 aliphatic rings. The molecule has 2 N–H and O–H groups in total. The summed E-state index contributed by atoms with van der Waals surface area (Å²) >= 11 is 5.17. The number of rotatable bonds is 4. The first kappa shape index (κ1) is 16.8. The van der Waals surface area contributed by atoms with Crippen LogP contribution in [0.5, 0.6) is 5.75 Å². The van der Waals surface area contributed by atoms with Gasteiger partial charge in [0.1, 0.15) is 11.4 Å². The molecule has 2 aromatic heterocycles. The highest BCUT2D eigenvalue weighted by molar-refractivity contribution is 7.71. The third-order valence-corrected chi connectivity index (χ3v) is 4.20. The summed E-state index contributed by atoms with van der Waals surface area (Å²) in [5.74, 6) is -0.525. The molecular formula is C17H15N3O4S. The summed E-state index contributed by atoms with van der Waals surface area (Å²) in [5, 5.41) is 9.57. The topological polar surface area (TPSA) is 97.2 Å². The fraction of sp³-hybridized carbons (Fsp3) is 0.176. The number of benzene rings is 1. The Balaban J connectivity index is 2.40. The highest BCUT2D eigenvalue weighted by atomic mass is 32.1. The van der Waals surface area contributed by atoms with Gasteiger partial charge in [-0.1, -0.05) is 0 Å². The fourth-order valence-electron chi connectivity index (χ4n) is 2.65. The minimum atomic E-state index is -1.20. The molecule has 0 aliphatic heterocycles. The number of aromatic carboxylic acids is 1. The second-order valence-electron chi connectivity index (χ2n) is 5.29. The molecule has 0 saturated carbocycles. The zero-order valence-corrected chi connectivity index (χ0v) is 14.4. The van der Waals surface area contributed by atoms with E-state index in [1.807, 2.05) is 6.92 Å². The Kier molecular flexibility index (Phi) is 4.37. The number of aromatic nitrogens is 3. The van der Waals surface area contributed by atoms with Crippen LogP contribution in [0.2, 0.25) is 0 Å². The molecule has 7 nitrogen and oxygen atoms in total. The fourth-order valence-corrected chi connectivity index (χ4v) is 2.95. The molecule has 0 aliphatic carbocycles. The van der Waals surface area contributed by atoms with Crippen LogP contribution in [-0.4, -0.2) is 32.7 Å². The number of aromatic amines is 1. The predicted octanol–water partition coefficient (Wildman–Crippen LogP) is 2.85. The van der Waals surface area contributed by atoms with Crippen LogP contribution < -0.4 is 10.3 Å². The molecule has 2 heterocycles. The van der Waals surface area contributed by atoms with Crippen LogP contribution in [0.15, 0.2) is 35.1 Å². The van der Waals surface area contributed by atoms with Crippen molar-refractivity contribution in [2.45, 2.75) is 13.5 Å². The van der Waals surface area contributed by atoms with Crippen LogP contribution in [0.25, 0.3) is 22.3 Å². The first-order valence-electron chi connectivity index (χ1n) is 7.51. The van der Waals surface area contributed by atoms with E-state index in [1.54, 1.807) is 35.9 Å². The van der Waals surface area contributed by atoms with Crippen molar-refractivity contribution in [1.82, 2.24) is 14.5 Å². The molecule has 0 spiro atoms. The average Bonchev–Trinajstić information content (AvgIpc) is 2.61. The lowest BCUT2D eigenvalue weighted by Gasteiger charge is -2.12. The number of nitrogens with one attached hydrogen (secondary N) is 1. The van der Waals surface area contributed by atoms with E-state index in [1.165, 1.54) is 6.07 Å². The summed E-state index contributed by atoms with van der Waals surface area (Å²) < 4.78 is 6.93. The van der Waals surface area contributed by atoms with Crippen molar-refractivity contribution in [3.8, 4) is 17.0 Å². The van der Waals surface area contributed by atoms with Crippen LogP contribution in [-0.2, 0) is 6.54 Å². The molecule has 3 rings (SSSR count). The smallest absolute Gasteiger partial charge is 0.336 e. The molecule has 128 valence electrons. The number of carboxylic acids is 1. The van der Waals surface area contributed by atoms with E-state index in [4.69, 9.17) is 17.0 Å². The second-order valence-corrected chi connectivity index (χ2v) is 5.68. The van der Waals surface area contributed by atoms with Crippen molar-refractivity contribution in [3.63, 3.8) is 0 Å². The monoisotopic (exact) mass is 357 g/mol. The lowest BCUT2D eigenvalue weighted by atomic mass is 10.1. The van der Waals surface area contributed by atoms with Crippen LogP contribution >= 0.6 is 12.2 Å². The van der Waals surface area contributed by atoms with Crippen molar-refractivity contribution >= 4 is 29.2 Å². The van der Waals surface area contributed by atoms with Gasteiger partial charge in [0, 0.05) is 12.1 Å². The molecule has 0 atom stereocenters. The molecule has 0 fully saturated rings. The highest BCUT2D eigenvalue weighted by Crippen LogP contribution is 2.25. The zero-order valence-electron chi connectivity index (χ0n) is 13.6. The van der Waals surface area contributed by atoms with Crippen LogP contribution in [0.3, 0.4) is 0 Å². The summed E-state index contributed by atoms with van der Waals surface area (Å²) in [5.41, 5.74) is 0.723. The number of aryl methyl sites for hydroxylation is 1. The predicted molar refractivity (Wildman–Crippen MR) is 95.8 cm³/mol. The molecule has 8 heteroatoms. The van der Waals surface area contributed by atoms with Gasteiger partial charge < -0.3 is 14.4 Å². The third kappa shape index (κ3) is 2.91. The number of fused-ring (bicyclic) bond motifs is 1. The van der Waals surface area contributed by atoms with Gasteiger partial charge in [-0.2, -0.15) is 0 Å². The van der Waals surface area contributed by atoms with Gasteiger partial charge in [0.15, 0.2) is 4.77 Å². The summed E-state index contributed by atoms with van der Waals surface area (Å²) in [6.07, 6.45) is 0. The van der Waals surface area contributed by atoms with Gasteiger partial charge in [-0.25, -0.2) is 9.78 Å². The largest absolute Gasteiger partial charge is 0.497 e. The summed E-state index contributed by atoms with van der Waals surface area (Å²) in [7, 11) is 1.56. The quantitative estimate of drug-likeness (QED) is 0.697. The van der Waals surface area contributed by atoms with Gasteiger partial charge in [-0.3, -0.25) is 9.78 Å². The minimum absolute atomic E-state index is 0.0141. The lowest BCUT2D eigenvalue weighted by molar-refractivity contribution is 0.0699. The number of hydrogen-bond acceptors (Lipinski definition) is 5. The molecule has 0 bridgehead atoms. The summed E-state index contributed by atoms with van der Waals surface area (Å²) in [4.78, 5) is 31.0. The molecule has 3 aromatic rings. The Morgan fingerprint density at radius 2 is 2.04 bits per heavy atom. The van der Waals surface area contributed by atoms with Crippen LogP contribution in [0, 0.1) is 4.77 Å². The molecule has 1 aromatic carbocycles. The Morgan fingerprint density at radius 3 is 2.60 bits per heavy atom. The Bertz CT molecular complexity index is 1080. The zero-order chi connectivity index (χ0) is 18.1. The van der Waals surface area contributed by atoms with E-state index in [2.05, 4.69) is 9.97 Å². The van der Waals surface area contributed by atoms with Crippen molar-refractivity contribution < 1.29 is 14.6 Å². The van der Waals surface area contributed by atoms with E-state index in [0.717, 1.165) is 0 Å². The maximum atomic E-state index is 12.3. The van der Waals surface area contributed by atoms with Crippen molar-refractivity contribution in [3.05, 3.63) is 51.0 Å². The second kappa shape index (κ2) is 6.48. The van der Waals surface area contributed by atoms with Gasteiger partial charge in [-0.05, 0) is 49.5 Å². The molecule has 0 radical (unpaired) electrons. The maximum absolute atomic E-state index is 12.3. The van der Waals surface area contributed by atoms with Crippen LogP contribution in [0.1, 0.15) is 17.3 Å². The molecular weight excluding hydrogens is 342 g/mol. The summed E-state index contributed by atoms with van der Waals surface area (Å²) in [6, 6.07) is 8.45. The van der Waals surface area contributed by atoms with Gasteiger partial charge in [0.25, 0.3) is 5.56 Å². The van der Waals surface area contributed by atoms with Crippen LogP contribution in [0.4, 0.5) is 0 Å². The van der Waals surface area contributed by atoms with Gasteiger partial charge >= 0.3 is 5.97 Å². The lowest BCUT2D eigenvalue weighted by Crippen LogP contribution is -2.18. The van der Waals surface area contributed by atoms with E-state index in [-0.39, 0.29) is 21.4 Å². The molecule has 0 unspecified atom stereocenters. The highest BCUT2D eigenvalue weighted by Gasteiger charge is 2.18. The van der Waals surface area contributed by atoms with Gasteiger partial charge in [0.05, 0.1) is 23.8 Å². The van der Waals surface area contributed by atoms with E-state index in [0.29, 0.717) is 23.6 Å². The van der Waals surface area contributed by atoms with Crippen molar-refractivity contribution in [2.24, 2.45) is 0 Å². The van der Waals surface area contributed by atoms with E-state index >= 15 is 0 Å². The molecule has 0 saturated heterocycles. The molecule has 25 heavy (non-hydrogen) atoms. The average molecular weight is 357 g/mol. The number of nitrogens with zero attached hydrogens (tertiary/aromatic N) is 2. The Morgan fingerprint density at radius 1 is 1.36 bits per heavy atom. The summed E-state index contributed by atoms with van der Waals surface area (Å²) in [6.45, 7) is 2.29. The Hall–Kier alpha value is -3.00. The van der Waals surface area contributed by atoms with E-state index < -0.39 is 11.5 Å². The first-order chi connectivity index (χ1) is 12.0. The number of H-pyrrole nitrogens is 1. The van der Waals surface area contributed by atoms with E-state index in [9.17, 15) is 14.7 Å². The number of carbonyl (C=O) groups is 1. The standard InChI is InChI=1S/C17H15N3O4S/c1-3-20-14-13(15(21)19-17(20)25)11(16(22)23)8-12(18-14)9-4-6-10(24-2)7-5-9/h4-8H,3H2,1-2H3,(H,22,23)(H,19,21,25). The Labute approximate surface area is 147 Å². The number of ether oxygens (including phenoxy) is 1. The van der Waals surface area contributed by atoms with Crippen molar-refractivity contribution in [2.75, 3.05) is 7.11 Å². The minimum Gasteiger partial charge on any atom is -0.497 e. The number of methoxy groups -OCH3 is 1. The number of pyridine rings is 1. The first-order valence-corrected chi connectivity index (χ1v) is 7.92.